The van der Waals surface area contributed by atoms with Gasteiger partial charge in [-0.3, -0.25) is 4.79 Å². The van der Waals surface area contributed by atoms with Gasteiger partial charge in [0.15, 0.2) is 0 Å². The fraction of sp³-hybridized carbons (Fsp3) is 0.800. The molecular formula is C5H10ClNO2. The molecule has 0 heterocycles. The summed E-state index contributed by atoms with van der Waals surface area (Å²) in [5, 5.41) is 0. The predicted octanol–water partition coefficient (Wildman–Crippen LogP) is -0.0716. The molecule has 54 valence electrons. The molecule has 0 bridgehead atoms. The summed E-state index contributed by atoms with van der Waals surface area (Å²) < 4.78 is 4.43. The van der Waals surface area contributed by atoms with Crippen LogP contribution in [0.2, 0.25) is 0 Å². The predicted molar refractivity (Wildman–Crippen MR) is 35.3 cm³/mol. The fourth-order valence-electron chi connectivity index (χ4n) is 0.637. The van der Waals surface area contributed by atoms with Gasteiger partial charge in [0.2, 0.25) is 0 Å². The number of carbonyl (C=O) groups is 1. The Hall–Kier alpha value is -0.280. The van der Waals surface area contributed by atoms with Crippen molar-refractivity contribution < 1.29 is 9.53 Å². The van der Waals surface area contributed by atoms with E-state index in [1.54, 1.807) is 0 Å². The van der Waals surface area contributed by atoms with Crippen LogP contribution in [0.5, 0.6) is 0 Å². The Morgan fingerprint density at radius 1 is 1.78 bits per heavy atom. The van der Waals surface area contributed by atoms with Crippen LogP contribution in [0.4, 0.5) is 0 Å². The van der Waals surface area contributed by atoms with E-state index in [1.807, 2.05) is 0 Å². The fourth-order valence-corrected chi connectivity index (χ4v) is 0.637. The third-order valence-electron chi connectivity index (χ3n) is 1.34. The summed E-state index contributed by atoms with van der Waals surface area (Å²) in [5.41, 5.74) is 5.34. The highest BCUT2D eigenvalue weighted by molar-refractivity contribution is 5.85. The number of halogens is 1. The van der Waals surface area contributed by atoms with E-state index >= 15 is 0 Å². The quantitative estimate of drug-likeness (QED) is 0.534. The Morgan fingerprint density at radius 2 is 2.22 bits per heavy atom. The highest BCUT2D eigenvalue weighted by Crippen LogP contribution is 2.28. The maximum Gasteiger partial charge on any atom is 0.310 e. The highest BCUT2D eigenvalue weighted by Gasteiger charge is 2.40. The van der Waals surface area contributed by atoms with Gasteiger partial charge in [-0.1, -0.05) is 0 Å². The lowest BCUT2D eigenvalue weighted by Gasteiger charge is -1.91. The van der Waals surface area contributed by atoms with E-state index < -0.39 is 0 Å². The second kappa shape index (κ2) is 3.03. The Labute approximate surface area is 60.0 Å². The molecule has 1 aliphatic rings. The van der Waals surface area contributed by atoms with Crippen LogP contribution < -0.4 is 5.73 Å². The summed E-state index contributed by atoms with van der Waals surface area (Å²) in [6.07, 6.45) is 0.798. The van der Waals surface area contributed by atoms with Crippen molar-refractivity contribution in [3.8, 4) is 0 Å². The Kier molecular flexibility index (Phi) is 2.94. The third-order valence-corrected chi connectivity index (χ3v) is 1.34. The Bertz CT molecular complexity index is 118. The lowest BCUT2D eigenvalue weighted by molar-refractivity contribution is -0.142. The van der Waals surface area contributed by atoms with Gasteiger partial charge in [0.05, 0.1) is 13.0 Å². The van der Waals surface area contributed by atoms with Gasteiger partial charge in [-0.15, -0.1) is 12.4 Å². The van der Waals surface area contributed by atoms with Crippen LogP contribution in [0.25, 0.3) is 0 Å². The number of methoxy groups -OCH3 is 1. The van der Waals surface area contributed by atoms with Gasteiger partial charge < -0.3 is 10.5 Å². The minimum Gasteiger partial charge on any atom is -0.469 e. The van der Waals surface area contributed by atoms with Crippen molar-refractivity contribution in [3.05, 3.63) is 0 Å². The van der Waals surface area contributed by atoms with Crippen molar-refractivity contribution in [2.24, 2.45) is 11.7 Å². The molecule has 0 radical (unpaired) electrons. The molecule has 1 aliphatic carbocycles. The van der Waals surface area contributed by atoms with Crippen molar-refractivity contribution in [2.45, 2.75) is 12.5 Å². The first kappa shape index (κ1) is 8.72. The summed E-state index contributed by atoms with van der Waals surface area (Å²) >= 11 is 0. The smallest absolute Gasteiger partial charge is 0.310 e. The molecule has 1 saturated carbocycles. The molecule has 0 spiro atoms. The van der Waals surface area contributed by atoms with E-state index in [0.717, 1.165) is 6.42 Å². The van der Waals surface area contributed by atoms with Gasteiger partial charge in [-0.05, 0) is 6.42 Å². The first-order chi connectivity index (χ1) is 3.75. The molecule has 1 fully saturated rings. The first-order valence-corrected chi connectivity index (χ1v) is 2.59. The number of hydrogen-bond acceptors (Lipinski definition) is 3. The molecule has 0 amide bonds. The minimum absolute atomic E-state index is 0. The molecule has 0 unspecified atom stereocenters. The summed E-state index contributed by atoms with van der Waals surface area (Å²) in [6, 6.07) is 0.0717. The molecule has 0 aromatic carbocycles. The Morgan fingerprint density at radius 3 is 2.33 bits per heavy atom. The normalized spacial score (nSPS) is 30.4. The van der Waals surface area contributed by atoms with Gasteiger partial charge in [0, 0.05) is 6.04 Å². The summed E-state index contributed by atoms with van der Waals surface area (Å²) in [5.74, 6) is -0.169. The van der Waals surface area contributed by atoms with E-state index in [2.05, 4.69) is 4.74 Å². The molecule has 1 rings (SSSR count). The average Bonchev–Trinajstić information content (AvgIpc) is 2.45. The third kappa shape index (κ3) is 1.84. The van der Waals surface area contributed by atoms with Gasteiger partial charge >= 0.3 is 5.97 Å². The standard InChI is InChI=1S/C5H9NO2.ClH/c1-8-5(7)3-2-4(3)6;/h3-4H,2,6H2,1H3;1H/t3-,4-;/m0./s1. The summed E-state index contributed by atoms with van der Waals surface area (Å²) in [4.78, 5) is 10.5. The summed E-state index contributed by atoms with van der Waals surface area (Å²) in [7, 11) is 1.38. The zero-order chi connectivity index (χ0) is 6.15. The number of rotatable bonds is 1. The van der Waals surface area contributed by atoms with Crippen LogP contribution in [0, 0.1) is 5.92 Å². The number of carbonyl (C=O) groups excluding carboxylic acids is 1. The first-order valence-electron chi connectivity index (χ1n) is 2.59. The molecule has 0 aromatic rings. The van der Waals surface area contributed by atoms with Crippen LogP contribution in [-0.4, -0.2) is 19.1 Å². The molecule has 9 heavy (non-hydrogen) atoms. The SMILES string of the molecule is COC(=O)[C@H]1C[C@@H]1N.Cl. The molecular weight excluding hydrogens is 142 g/mol. The van der Waals surface area contributed by atoms with Gasteiger partial charge in [-0.2, -0.15) is 0 Å². The maximum atomic E-state index is 10.5. The second-order valence-electron chi connectivity index (χ2n) is 2.03. The van der Waals surface area contributed by atoms with Crippen molar-refractivity contribution in [2.75, 3.05) is 7.11 Å². The minimum atomic E-state index is -0.169. The van der Waals surface area contributed by atoms with Crippen molar-refractivity contribution in [1.82, 2.24) is 0 Å². The van der Waals surface area contributed by atoms with Crippen LogP contribution in [0.15, 0.2) is 0 Å². The monoisotopic (exact) mass is 151 g/mol. The zero-order valence-corrected chi connectivity index (χ0v) is 5.98. The van der Waals surface area contributed by atoms with Gasteiger partial charge in [0.1, 0.15) is 0 Å². The second-order valence-corrected chi connectivity index (χ2v) is 2.03. The highest BCUT2D eigenvalue weighted by atomic mass is 35.5. The number of hydrogen-bond donors (Lipinski definition) is 1. The lowest BCUT2D eigenvalue weighted by Crippen LogP contribution is -2.11. The molecule has 2 N–H and O–H groups in total. The molecule has 4 heteroatoms. The molecule has 0 aliphatic heterocycles. The van der Waals surface area contributed by atoms with E-state index in [0.29, 0.717) is 0 Å². The van der Waals surface area contributed by atoms with Crippen LogP contribution in [0.3, 0.4) is 0 Å². The van der Waals surface area contributed by atoms with Crippen LogP contribution in [0.1, 0.15) is 6.42 Å². The van der Waals surface area contributed by atoms with E-state index in [4.69, 9.17) is 5.73 Å². The Balaban J connectivity index is 0.000000640. The van der Waals surface area contributed by atoms with E-state index in [1.165, 1.54) is 7.11 Å². The number of ether oxygens (including phenoxy) is 1. The van der Waals surface area contributed by atoms with Crippen molar-refractivity contribution in [1.29, 1.82) is 0 Å². The molecule has 0 saturated heterocycles. The van der Waals surface area contributed by atoms with Gasteiger partial charge in [-0.25, -0.2) is 0 Å². The van der Waals surface area contributed by atoms with E-state index in [-0.39, 0.29) is 30.3 Å². The van der Waals surface area contributed by atoms with Crippen molar-refractivity contribution in [3.63, 3.8) is 0 Å². The largest absolute Gasteiger partial charge is 0.469 e. The maximum absolute atomic E-state index is 10.5. The van der Waals surface area contributed by atoms with Crippen LogP contribution in [-0.2, 0) is 9.53 Å². The zero-order valence-electron chi connectivity index (χ0n) is 5.16. The molecule has 2 atom stereocenters. The van der Waals surface area contributed by atoms with Crippen molar-refractivity contribution >= 4 is 18.4 Å². The average molecular weight is 152 g/mol. The molecule has 3 nitrogen and oxygen atoms in total. The number of esters is 1. The molecule has 0 aromatic heterocycles. The van der Waals surface area contributed by atoms with E-state index in [9.17, 15) is 4.79 Å². The topological polar surface area (TPSA) is 52.3 Å². The van der Waals surface area contributed by atoms with Crippen LogP contribution >= 0.6 is 12.4 Å². The van der Waals surface area contributed by atoms with Gasteiger partial charge in [0.25, 0.3) is 0 Å². The number of nitrogens with two attached hydrogens (primary N) is 1. The lowest BCUT2D eigenvalue weighted by atomic mass is 10.4. The summed E-state index contributed by atoms with van der Waals surface area (Å²) in [6.45, 7) is 0.